The number of hydrogen-bond acceptors (Lipinski definition) is 1. The van der Waals surface area contributed by atoms with Gasteiger partial charge in [0, 0.05) is 6.04 Å². The van der Waals surface area contributed by atoms with Gasteiger partial charge in [0.15, 0.2) is 0 Å². The zero-order chi connectivity index (χ0) is 9.23. The Bertz CT molecular complexity index is 99.2. The van der Waals surface area contributed by atoms with Crippen molar-refractivity contribution in [2.24, 2.45) is 0 Å². The van der Waals surface area contributed by atoms with Gasteiger partial charge < -0.3 is 5.32 Å². The summed E-state index contributed by atoms with van der Waals surface area (Å²) < 4.78 is 0. The zero-order valence-electron chi connectivity index (χ0n) is 8.60. The van der Waals surface area contributed by atoms with Gasteiger partial charge in [-0.15, -0.1) is 6.58 Å². The van der Waals surface area contributed by atoms with E-state index in [9.17, 15) is 0 Å². The van der Waals surface area contributed by atoms with Crippen LogP contribution in [0.25, 0.3) is 0 Å². The van der Waals surface area contributed by atoms with Gasteiger partial charge in [-0.05, 0) is 26.3 Å². The van der Waals surface area contributed by atoms with Crippen molar-refractivity contribution in [2.75, 3.05) is 6.54 Å². The molecule has 0 saturated heterocycles. The standard InChI is InChI=1S/C11H23N/c1-4-6-8-9-11(3)12-10-7-5-2/h5,11-12H,2,4,6-10H2,1,3H3. The van der Waals surface area contributed by atoms with Crippen LogP contribution in [0.5, 0.6) is 0 Å². The highest BCUT2D eigenvalue weighted by atomic mass is 14.9. The Morgan fingerprint density at radius 3 is 2.75 bits per heavy atom. The lowest BCUT2D eigenvalue weighted by atomic mass is 10.1. The normalized spacial score (nSPS) is 12.8. The van der Waals surface area contributed by atoms with E-state index < -0.39 is 0 Å². The topological polar surface area (TPSA) is 12.0 Å². The highest BCUT2D eigenvalue weighted by molar-refractivity contribution is 4.69. The molecule has 1 unspecified atom stereocenters. The van der Waals surface area contributed by atoms with E-state index in [0.29, 0.717) is 6.04 Å². The van der Waals surface area contributed by atoms with Crippen LogP contribution in [-0.4, -0.2) is 12.6 Å². The molecule has 12 heavy (non-hydrogen) atoms. The van der Waals surface area contributed by atoms with Gasteiger partial charge >= 0.3 is 0 Å². The van der Waals surface area contributed by atoms with Crippen LogP contribution in [0.1, 0.15) is 46.0 Å². The third-order valence-corrected chi connectivity index (χ3v) is 2.08. The summed E-state index contributed by atoms with van der Waals surface area (Å²) in [6.07, 6.45) is 8.40. The van der Waals surface area contributed by atoms with E-state index >= 15 is 0 Å². The molecule has 0 aromatic rings. The molecule has 0 bridgehead atoms. The average molecular weight is 169 g/mol. The predicted molar refractivity (Wildman–Crippen MR) is 56.4 cm³/mol. The minimum atomic E-state index is 0.677. The van der Waals surface area contributed by atoms with Gasteiger partial charge in [0.1, 0.15) is 0 Å². The molecule has 0 aromatic heterocycles. The molecule has 0 spiro atoms. The maximum absolute atomic E-state index is 3.69. The number of unbranched alkanes of at least 4 members (excludes halogenated alkanes) is 2. The lowest BCUT2D eigenvalue weighted by molar-refractivity contribution is 0.492. The lowest BCUT2D eigenvalue weighted by Crippen LogP contribution is -2.26. The SMILES string of the molecule is C=CCCNC(C)CCCCC. The molecule has 1 heteroatoms. The van der Waals surface area contributed by atoms with Gasteiger partial charge in [0.2, 0.25) is 0 Å². The highest BCUT2D eigenvalue weighted by Gasteiger charge is 1.98. The molecule has 0 aromatic carbocycles. The molecule has 0 fully saturated rings. The van der Waals surface area contributed by atoms with Gasteiger partial charge in [-0.25, -0.2) is 0 Å². The molecular weight excluding hydrogens is 146 g/mol. The Morgan fingerprint density at radius 1 is 1.42 bits per heavy atom. The van der Waals surface area contributed by atoms with Crippen molar-refractivity contribution in [3.05, 3.63) is 12.7 Å². The summed E-state index contributed by atoms with van der Waals surface area (Å²) in [6.45, 7) is 9.28. The van der Waals surface area contributed by atoms with Crippen LogP contribution in [0.2, 0.25) is 0 Å². The summed E-state index contributed by atoms with van der Waals surface area (Å²) in [5.41, 5.74) is 0. The van der Waals surface area contributed by atoms with Gasteiger partial charge in [-0.2, -0.15) is 0 Å². The van der Waals surface area contributed by atoms with Crippen molar-refractivity contribution in [3.63, 3.8) is 0 Å². The monoisotopic (exact) mass is 169 g/mol. The van der Waals surface area contributed by atoms with E-state index in [1.807, 2.05) is 6.08 Å². The largest absolute Gasteiger partial charge is 0.314 e. The molecule has 1 atom stereocenters. The molecule has 1 nitrogen and oxygen atoms in total. The highest BCUT2D eigenvalue weighted by Crippen LogP contribution is 2.02. The predicted octanol–water partition coefficient (Wildman–Crippen LogP) is 3.12. The smallest absolute Gasteiger partial charge is 0.00388 e. The molecule has 0 aliphatic rings. The van der Waals surface area contributed by atoms with Crippen LogP contribution in [-0.2, 0) is 0 Å². The van der Waals surface area contributed by atoms with E-state index in [0.717, 1.165) is 13.0 Å². The molecule has 1 N–H and O–H groups in total. The summed E-state index contributed by atoms with van der Waals surface area (Å²) in [5.74, 6) is 0. The Balaban J connectivity index is 3.09. The minimum Gasteiger partial charge on any atom is -0.314 e. The molecule has 0 radical (unpaired) electrons. The molecule has 0 heterocycles. The van der Waals surface area contributed by atoms with Gasteiger partial charge in [-0.3, -0.25) is 0 Å². The molecular formula is C11H23N. The second kappa shape index (κ2) is 8.79. The summed E-state index contributed by atoms with van der Waals surface area (Å²) >= 11 is 0. The molecule has 0 saturated carbocycles. The second-order valence-electron chi connectivity index (χ2n) is 3.43. The van der Waals surface area contributed by atoms with Crippen molar-refractivity contribution < 1.29 is 0 Å². The molecule has 0 amide bonds. The van der Waals surface area contributed by atoms with Crippen LogP contribution < -0.4 is 5.32 Å². The Labute approximate surface area is 77.2 Å². The summed E-state index contributed by atoms with van der Waals surface area (Å²) in [4.78, 5) is 0. The van der Waals surface area contributed by atoms with Crippen molar-refractivity contribution in [2.45, 2.75) is 52.0 Å². The van der Waals surface area contributed by atoms with E-state index in [1.165, 1.54) is 25.7 Å². The fourth-order valence-electron chi connectivity index (χ4n) is 1.23. The Kier molecular flexibility index (Phi) is 8.57. The fourth-order valence-corrected chi connectivity index (χ4v) is 1.23. The minimum absolute atomic E-state index is 0.677. The van der Waals surface area contributed by atoms with Gasteiger partial charge in [-0.1, -0.05) is 32.3 Å². The van der Waals surface area contributed by atoms with Crippen LogP contribution in [0.4, 0.5) is 0 Å². The fraction of sp³-hybridized carbons (Fsp3) is 0.818. The van der Waals surface area contributed by atoms with E-state index in [4.69, 9.17) is 0 Å². The van der Waals surface area contributed by atoms with Crippen LogP contribution >= 0.6 is 0 Å². The van der Waals surface area contributed by atoms with Crippen LogP contribution in [0.15, 0.2) is 12.7 Å². The maximum Gasteiger partial charge on any atom is 0.00388 e. The number of hydrogen-bond donors (Lipinski definition) is 1. The Hall–Kier alpha value is -0.300. The zero-order valence-corrected chi connectivity index (χ0v) is 8.60. The molecule has 72 valence electrons. The maximum atomic E-state index is 3.69. The van der Waals surface area contributed by atoms with Crippen LogP contribution in [0, 0.1) is 0 Å². The van der Waals surface area contributed by atoms with Crippen molar-refractivity contribution >= 4 is 0 Å². The van der Waals surface area contributed by atoms with E-state index in [2.05, 4.69) is 25.7 Å². The first kappa shape index (κ1) is 11.7. The van der Waals surface area contributed by atoms with Gasteiger partial charge in [0.25, 0.3) is 0 Å². The van der Waals surface area contributed by atoms with E-state index in [-0.39, 0.29) is 0 Å². The number of rotatable bonds is 8. The average Bonchev–Trinajstić information content (AvgIpc) is 2.06. The quantitative estimate of drug-likeness (QED) is 0.435. The first-order valence-electron chi connectivity index (χ1n) is 5.15. The number of nitrogens with one attached hydrogen (secondary N) is 1. The molecule has 0 rings (SSSR count). The van der Waals surface area contributed by atoms with Crippen molar-refractivity contribution in [1.29, 1.82) is 0 Å². The third-order valence-electron chi connectivity index (χ3n) is 2.08. The summed E-state index contributed by atoms with van der Waals surface area (Å²) in [6, 6.07) is 0.677. The lowest BCUT2D eigenvalue weighted by Gasteiger charge is -2.12. The van der Waals surface area contributed by atoms with Crippen LogP contribution in [0.3, 0.4) is 0 Å². The third kappa shape index (κ3) is 7.80. The van der Waals surface area contributed by atoms with Gasteiger partial charge in [0.05, 0.1) is 0 Å². The first-order valence-corrected chi connectivity index (χ1v) is 5.15. The summed E-state index contributed by atoms with van der Waals surface area (Å²) in [5, 5.41) is 3.47. The first-order chi connectivity index (χ1) is 5.81. The Morgan fingerprint density at radius 2 is 2.17 bits per heavy atom. The van der Waals surface area contributed by atoms with Crippen molar-refractivity contribution in [3.8, 4) is 0 Å². The van der Waals surface area contributed by atoms with E-state index in [1.54, 1.807) is 0 Å². The second-order valence-corrected chi connectivity index (χ2v) is 3.43. The summed E-state index contributed by atoms with van der Waals surface area (Å²) in [7, 11) is 0. The molecule has 0 aliphatic carbocycles. The molecule has 0 aliphatic heterocycles. The van der Waals surface area contributed by atoms with Crippen molar-refractivity contribution in [1.82, 2.24) is 5.32 Å².